The minimum absolute atomic E-state index is 0.0787. The monoisotopic (exact) mass is 429 g/mol. The molecule has 8 heteroatoms. The Bertz CT molecular complexity index is 1190. The highest BCUT2D eigenvalue weighted by molar-refractivity contribution is 5.71. The Morgan fingerprint density at radius 1 is 1.12 bits per heavy atom. The molecule has 0 aliphatic carbocycles. The number of ether oxygens (including phenoxy) is 3. The van der Waals surface area contributed by atoms with Crippen LogP contribution in [-0.4, -0.2) is 43.6 Å². The summed E-state index contributed by atoms with van der Waals surface area (Å²) in [5.41, 5.74) is 11.0. The normalized spacial score (nSPS) is 18.0. The van der Waals surface area contributed by atoms with Crippen molar-refractivity contribution in [3.05, 3.63) is 71.1 Å². The van der Waals surface area contributed by atoms with Crippen LogP contribution in [0.4, 0.5) is 5.69 Å². The third-order valence-corrected chi connectivity index (χ3v) is 5.92. The van der Waals surface area contributed by atoms with Crippen molar-refractivity contribution in [1.29, 1.82) is 5.26 Å². The molecule has 1 saturated heterocycles. The summed E-state index contributed by atoms with van der Waals surface area (Å²) in [7, 11) is 1.63. The van der Waals surface area contributed by atoms with Gasteiger partial charge in [0.2, 0.25) is 11.8 Å². The molecule has 3 N–H and O–H groups in total. The number of benzene rings is 2. The third-order valence-electron chi connectivity index (χ3n) is 5.92. The highest BCUT2D eigenvalue weighted by Crippen LogP contribution is 2.46. The maximum Gasteiger partial charge on any atom is 0.244 e. The van der Waals surface area contributed by atoms with Crippen molar-refractivity contribution >= 4 is 5.69 Å². The predicted molar refractivity (Wildman–Crippen MR) is 119 cm³/mol. The molecule has 1 aromatic heterocycles. The van der Waals surface area contributed by atoms with E-state index in [0.29, 0.717) is 11.5 Å². The quantitative estimate of drug-likeness (QED) is 0.656. The highest BCUT2D eigenvalue weighted by Gasteiger charge is 2.35. The van der Waals surface area contributed by atoms with E-state index in [-0.39, 0.29) is 5.88 Å². The number of methoxy groups -OCH3 is 1. The van der Waals surface area contributed by atoms with Crippen molar-refractivity contribution in [3.63, 3.8) is 0 Å². The van der Waals surface area contributed by atoms with Gasteiger partial charge in [-0.15, -0.1) is 5.10 Å². The van der Waals surface area contributed by atoms with E-state index < -0.39 is 5.92 Å². The molecule has 1 unspecified atom stereocenters. The van der Waals surface area contributed by atoms with E-state index in [1.807, 2.05) is 36.4 Å². The summed E-state index contributed by atoms with van der Waals surface area (Å²) in [4.78, 5) is 2.29. The van der Waals surface area contributed by atoms with Crippen molar-refractivity contribution in [2.45, 2.75) is 5.92 Å². The Morgan fingerprint density at radius 2 is 1.84 bits per heavy atom. The Hall–Kier alpha value is -3.96. The van der Waals surface area contributed by atoms with Crippen molar-refractivity contribution < 1.29 is 14.2 Å². The Labute approximate surface area is 185 Å². The van der Waals surface area contributed by atoms with Crippen molar-refractivity contribution in [3.8, 4) is 29.0 Å². The first kappa shape index (κ1) is 20.0. The molecular formula is C24H23N5O3. The first-order chi connectivity index (χ1) is 15.7. The van der Waals surface area contributed by atoms with Crippen LogP contribution in [0.3, 0.4) is 0 Å². The second kappa shape index (κ2) is 8.29. The fourth-order valence-electron chi connectivity index (χ4n) is 4.26. The number of nitrogens with zero attached hydrogens (tertiary/aromatic N) is 3. The van der Waals surface area contributed by atoms with Crippen LogP contribution in [0.5, 0.6) is 11.6 Å². The van der Waals surface area contributed by atoms with Crippen molar-refractivity contribution in [1.82, 2.24) is 10.2 Å². The van der Waals surface area contributed by atoms with Gasteiger partial charge >= 0.3 is 0 Å². The summed E-state index contributed by atoms with van der Waals surface area (Å²) in [6.45, 7) is 3.17. The molecule has 2 aliphatic heterocycles. The molecule has 1 atom stereocenters. The Kier molecular flexibility index (Phi) is 5.17. The molecule has 8 nitrogen and oxygen atoms in total. The molecule has 3 aromatic rings. The first-order valence-corrected chi connectivity index (χ1v) is 10.4. The van der Waals surface area contributed by atoms with Gasteiger partial charge < -0.3 is 24.8 Å². The number of allylic oxidation sites excluding steroid dienone is 1. The molecule has 0 amide bonds. The number of fused-ring (bicyclic) bond motifs is 1. The van der Waals surface area contributed by atoms with Gasteiger partial charge in [-0.25, -0.2) is 0 Å². The minimum atomic E-state index is -0.390. The van der Waals surface area contributed by atoms with E-state index in [9.17, 15) is 5.26 Å². The minimum Gasteiger partial charge on any atom is -0.497 e. The number of nitriles is 1. The predicted octanol–water partition coefficient (Wildman–Crippen LogP) is 3.14. The number of nitrogens with two attached hydrogens (primary N) is 1. The molecule has 162 valence electrons. The van der Waals surface area contributed by atoms with Crippen LogP contribution in [-0.2, 0) is 4.74 Å². The molecule has 2 aromatic carbocycles. The van der Waals surface area contributed by atoms with Crippen LogP contribution in [0.2, 0.25) is 0 Å². The lowest BCUT2D eigenvalue weighted by Crippen LogP contribution is -2.36. The van der Waals surface area contributed by atoms with Crippen LogP contribution in [0.1, 0.15) is 17.0 Å². The van der Waals surface area contributed by atoms with Crippen LogP contribution < -0.4 is 20.1 Å². The summed E-state index contributed by atoms with van der Waals surface area (Å²) in [5.74, 6) is 0.832. The van der Waals surface area contributed by atoms with E-state index in [1.54, 1.807) is 7.11 Å². The number of aromatic nitrogens is 2. The zero-order valence-corrected chi connectivity index (χ0v) is 17.7. The molecule has 1 fully saturated rings. The Balaban J connectivity index is 1.57. The highest BCUT2D eigenvalue weighted by atomic mass is 16.5. The number of H-pyrrole nitrogens is 1. The molecule has 0 spiro atoms. The second-order valence-electron chi connectivity index (χ2n) is 7.66. The fourth-order valence-corrected chi connectivity index (χ4v) is 4.26. The van der Waals surface area contributed by atoms with Crippen LogP contribution >= 0.6 is 0 Å². The number of aromatic amines is 1. The van der Waals surface area contributed by atoms with Gasteiger partial charge in [0.1, 0.15) is 17.4 Å². The topological polar surface area (TPSA) is 109 Å². The van der Waals surface area contributed by atoms with Gasteiger partial charge in [0.15, 0.2) is 0 Å². The lowest BCUT2D eigenvalue weighted by molar-refractivity contribution is 0.122. The second-order valence-corrected chi connectivity index (χ2v) is 7.66. The smallest absolute Gasteiger partial charge is 0.244 e. The lowest BCUT2D eigenvalue weighted by Gasteiger charge is -2.29. The van der Waals surface area contributed by atoms with Crippen molar-refractivity contribution in [2.75, 3.05) is 38.3 Å². The summed E-state index contributed by atoms with van der Waals surface area (Å²) < 4.78 is 16.4. The average molecular weight is 429 g/mol. The standard InChI is InChI=1S/C24H23N5O3/c1-30-18-8-4-16(5-9-18)22-21-20(19(14-25)23(26)32-24(21)28-27-22)15-2-6-17(7-3-15)29-10-12-31-13-11-29/h2-9,20H,10-13,26H2,1H3,(H,27,28). The largest absolute Gasteiger partial charge is 0.497 e. The van der Waals surface area contributed by atoms with E-state index in [1.165, 1.54) is 0 Å². The van der Waals surface area contributed by atoms with E-state index in [0.717, 1.165) is 60.1 Å². The molecule has 0 bridgehead atoms. The van der Waals surface area contributed by atoms with Gasteiger partial charge in [-0.05, 0) is 42.0 Å². The molecule has 3 heterocycles. The Morgan fingerprint density at radius 3 is 2.50 bits per heavy atom. The van der Waals surface area contributed by atoms with Gasteiger partial charge in [-0.1, -0.05) is 12.1 Å². The number of hydrogen-bond donors (Lipinski definition) is 2. The van der Waals surface area contributed by atoms with Crippen molar-refractivity contribution in [2.24, 2.45) is 5.73 Å². The maximum absolute atomic E-state index is 9.91. The summed E-state index contributed by atoms with van der Waals surface area (Å²) in [6, 6.07) is 18.1. The summed E-state index contributed by atoms with van der Waals surface area (Å²) in [6.07, 6.45) is 0. The number of rotatable bonds is 4. The molecule has 32 heavy (non-hydrogen) atoms. The molecule has 2 aliphatic rings. The zero-order valence-electron chi connectivity index (χ0n) is 17.7. The lowest BCUT2D eigenvalue weighted by atomic mass is 9.83. The molecular weight excluding hydrogens is 406 g/mol. The first-order valence-electron chi connectivity index (χ1n) is 10.4. The maximum atomic E-state index is 9.91. The number of morpholine rings is 1. The number of nitrogens with one attached hydrogen (secondary N) is 1. The van der Waals surface area contributed by atoms with Crippen LogP contribution in [0.25, 0.3) is 11.3 Å². The zero-order chi connectivity index (χ0) is 22.1. The van der Waals surface area contributed by atoms with E-state index in [2.05, 4.69) is 33.3 Å². The van der Waals surface area contributed by atoms with Gasteiger partial charge in [0, 0.05) is 24.3 Å². The summed E-state index contributed by atoms with van der Waals surface area (Å²) in [5, 5.41) is 17.3. The summed E-state index contributed by atoms with van der Waals surface area (Å²) >= 11 is 0. The van der Waals surface area contributed by atoms with Crippen LogP contribution in [0.15, 0.2) is 60.0 Å². The fraction of sp³-hybridized carbons (Fsp3) is 0.250. The third kappa shape index (κ3) is 3.43. The van der Waals surface area contributed by atoms with Gasteiger partial charge in [0.05, 0.1) is 37.5 Å². The average Bonchev–Trinajstić information content (AvgIpc) is 3.27. The van der Waals surface area contributed by atoms with Gasteiger partial charge in [0.25, 0.3) is 0 Å². The van der Waals surface area contributed by atoms with Gasteiger partial charge in [-0.3, -0.25) is 5.10 Å². The molecule has 0 saturated carbocycles. The van der Waals surface area contributed by atoms with Crippen LogP contribution in [0, 0.1) is 11.3 Å². The molecule has 5 rings (SSSR count). The number of hydrogen-bond acceptors (Lipinski definition) is 7. The van der Waals surface area contributed by atoms with E-state index in [4.69, 9.17) is 19.9 Å². The van der Waals surface area contributed by atoms with E-state index >= 15 is 0 Å². The molecule has 0 radical (unpaired) electrons. The number of anilines is 1. The van der Waals surface area contributed by atoms with Gasteiger partial charge in [-0.2, -0.15) is 5.26 Å². The SMILES string of the molecule is COc1ccc(-c2[nH]nc3c2C(c2ccc(N4CCOCC4)cc2)C(C#N)=C(N)O3)cc1.